The predicted molar refractivity (Wildman–Crippen MR) is 116 cm³/mol. The Kier molecular flexibility index (Phi) is 5.41. The number of carbonyl (C=O) groups is 2. The quantitative estimate of drug-likeness (QED) is 0.675. The van der Waals surface area contributed by atoms with Crippen molar-refractivity contribution in [2.45, 2.75) is 13.8 Å². The Balaban J connectivity index is 1.60. The van der Waals surface area contributed by atoms with Crippen LogP contribution in [0.4, 0.5) is 11.4 Å². The number of hydrogen-bond donors (Lipinski definition) is 1. The highest BCUT2D eigenvalue weighted by atomic mass is 32.1. The summed E-state index contributed by atoms with van der Waals surface area (Å²) in [4.78, 5) is 31.3. The maximum atomic E-state index is 12.8. The van der Waals surface area contributed by atoms with Crippen molar-refractivity contribution < 1.29 is 19.1 Å². The molecule has 1 aliphatic rings. The van der Waals surface area contributed by atoms with Gasteiger partial charge in [-0.25, -0.2) is 4.98 Å². The van der Waals surface area contributed by atoms with Crippen LogP contribution in [-0.4, -0.2) is 37.1 Å². The van der Waals surface area contributed by atoms with Crippen molar-refractivity contribution in [3.8, 4) is 22.8 Å². The summed E-state index contributed by atoms with van der Waals surface area (Å²) in [6.45, 7) is 3.63. The standard InChI is InChI=1S/C22H21N3O4S/c1-13-4-6-19(28-3)16(8-13)24-21(26)10-25-18-9-15(17-12-30-14(2)23-17)5-7-20(18)29-11-22(25)27/h4-9,12H,10-11H2,1-3H3,(H,24,26). The largest absolute Gasteiger partial charge is 0.495 e. The molecule has 0 unspecified atom stereocenters. The molecule has 0 saturated heterocycles. The van der Waals surface area contributed by atoms with E-state index in [-0.39, 0.29) is 25.0 Å². The summed E-state index contributed by atoms with van der Waals surface area (Å²) >= 11 is 1.56. The molecular weight excluding hydrogens is 402 g/mol. The molecule has 154 valence electrons. The number of thiazole rings is 1. The molecule has 2 aromatic carbocycles. The SMILES string of the molecule is COc1ccc(C)cc1NC(=O)CN1C(=O)COc2ccc(-c3csc(C)n3)cc21. The number of hydrogen-bond acceptors (Lipinski definition) is 6. The van der Waals surface area contributed by atoms with Crippen LogP contribution in [-0.2, 0) is 9.59 Å². The minimum Gasteiger partial charge on any atom is -0.495 e. The molecule has 1 N–H and O–H groups in total. The number of rotatable bonds is 5. The summed E-state index contributed by atoms with van der Waals surface area (Å²) in [7, 11) is 1.55. The average molecular weight is 423 g/mol. The monoisotopic (exact) mass is 423 g/mol. The summed E-state index contributed by atoms with van der Waals surface area (Å²) in [5.41, 5.74) is 3.80. The second-order valence-electron chi connectivity index (χ2n) is 6.95. The first-order valence-corrected chi connectivity index (χ1v) is 10.3. The Bertz CT molecular complexity index is 1130. The number of nitrogens with zero attached hydrogens (tertiary/aromatic N) is 2. The normalized spacial score (nSPS) is 12.9. The van der Waals surface area contributed by atoms with Crippen molar-refractivity contribution in [3.05, 3.63) is 52.3 Å². The zero-order valence-corrected chi connectivity index (χ0v) is 17.7. The smallest absolute Gasteiger partial charge is 0.265 e. The van der Waals surface area contributed by atoms with E-state index >= 15 is 0 Å². The molecular formula is C22H21N3O4S. The van der Waals surface area contributed by atoms with Gasteiger partial charge in [0.2, 0.25) is 5.91 Å². The van der Waals surface area contributed by atoms with Gasteiger partial charge in [0, 0.05) is 10.9 Å². The number of anilines is 2. The number of benzene rings is 2. The van der Waals surface area contributed by atoms with Crippen molar-refractivity contribution in [1.82, 2.24) is 4.98 Å². The van der Waals surface area contributed by atoms with Crippen LogP contribution in [0.1, 0.15) is 10.6 Å². The first-order valence-electron chi connectivity index (χ1n) is 9.39. The minimum atomic E-state index is -0.324. The van der Waals surface area contributed by atoms with Gasteiger partial charge in [-0.05, 0) is 49.7 Å². The molecule has 0 bridgehead atoms. The van der Waals surface area contributed by atoms with Gasteiger partial charge in [0.1, 0.15) is 18.0 Å². The maximum absolute atomic E-state index is 12.8. The molecule has 7 nitrogen and oxygen atoms in total. The minimum absolute atomic E-state index is 0.108. The first-order chi connectivity index (χ1) is 14.4. The summed E-state index contributed by atoms with van der Waals surface area (Å²) < 4.78 is 10.9. The molecule has 0 spiro atoms. The van der Waals surface area contributed by atoms with Gasteiger partial charge in [0.25, 0.3) is 5.91 Å². The molecule has 1 aromatic heterocycles. The van der Waals surface area contributed by atoms with Crippen LogP contribution in [0.2, 0.25) is 0 Å². The van der Waals surface area contributed by atoms with E-state index in [1.54, 1.807) is 30.6 Å². The van der Waals surface area contributed by atoms with Crippen LogP contribution in [0.3, 0.4) is 0 Å². The van der Waals surface area contributed by atoms with Crippen LogP contribution in [0.5, 0.6) is 11.5 Å². The fourth-order valence-electron chi connectivity index (χ4n) is 3.28. The Hall–Kier alpha value is -3.39. The second-order valence-corrected chi connectivity index (χ2v) is 8.02. The van der Waals surface area contributed by atoms with Crippen LogP contribution in [0, 0.1) is 13.8 Å². The lowest BCUT2D eigenvalue weighted by atomic mass is 10.1. The highest BCUT2D eigenvalue weighted by Gasteiger charge is 2.28. The summed E-state index contributed by atoms with van der Waals surface area (Å²) in [6.07, 6.45) is 0. The van der Waals surface area contributed by atoms with Crippen molar-refractivity contribution in [1.29, 1.82) is 0 Å². The number of fused-ring (bicyclic) bond motifs is 1. The van der Waals surface area contributed by atoms with E-state index in [2.05, 4.69) is 10.3 Å². The van der Waals surface area contributed by atoms with E-state index in [1.165, 1.54) is 4.90 Å². The fraction of sp³-hybridized carbons (Fsp3) is 0.227. The third-order valence-electron chi connectivity index (χ3n) is 4.75. The number of aryl methyl sites for hydroxylation is 2. The first kappa shape index (κ1) is 19.9. The van der Waals surface area contributed by atoms with Crippen LogP contribution in [0.25, 0.3) is 11.3 Å². The van der Waals surface area contributed by atoms with Crippen molar-refractivity contribution in [2.75, 3.05) is 30.5 Å². The third-order valence-corrected chi connectivity index (χ3v) is 5.52. The van der Waals surface area contributed by atoms with E-state index in [9.17, 15) is 9.59 Å². The van der Waals surface area contributed by atoms with Crippen LogP contribution < -0.4 is 19.7 Å². The summed E-state index contributed by atoms with van der Waals surface area (Å²) in [5.74, 6) is 0.519. The van der Waals surface area contributed by atoms with Crippen LogP contribution >= 0.6 is 11.3 Å². The van der Waals surface area contributed by atoms with E-state index < -0.39 is 0 Å². The molecule has 3 aromatic rings. The zero-order valence-electron chi connectivity index (χ0n) is 16.9. The Morgan fingerprint density at radius 2 is 2.10 bits per heavy atom. The van der Waals surface area contributed by atoms with Gasteiger partial charge in [-0.15, -0.1) is 11.3 Å². The lowest BCUT2D eigenvalue weighted by Gasteiger charge is -2.29. The van der Waals surface area contributed by atoms with Crippen LogP contribution in [0.15, 0.2) is 41.8 Å². The maximum Gasteiger partial charge on any atom is 0.265 e. The molecule has 2 amide bonds. The number of amides is 2. The molecule has 0 aliphatic carbocycles. The zero-order chi connectivity index (χ0) is 21.3. The highest BCUT2D eigenvalue weighted by Crippen LogP contribution is 2.36. The predicted octanol–water partition coefficient (Wildman–Crippen LogP) is 3.80. The molecule has 2 heterocycles. The van der Waals surface area contributed by atoms with Gasteiger partial charge >= 0.3 is 0 Å². The number of aromatic nitrogens is 1. The van der Waals surface area contributed by atoms with E-state index in [1.807, 2.05) is 43.5 Å². The van der Waals surface area contributed by atoms with Crippen molar-refractivity contribution in [2.24, 2.45) is 0 Å². The molecule has 0 saturated carbocycles. The van der Waals surface area contributed by atoms with Gasteiger partial charge < -0.3 is 14.8 Å². The lowest BCUT2D eigenvalue weighted by Crippen LogP contribution is -2.43. The summed E-state index contributed by atoms with van der Waals surface area (Å²) in [5, 5.41) is 5.76. The summed E-state index contributed by atoms with van der Waals surface area (Å²) in [6, 6.07) is 11.1. The molecule has 0 fully saturated rings. The Morgan fingerprint density at radius 3 is 2.83 bits per heavy atom. The second kappa shape index (κ2) is 8.16. The molecule has 0 atom stereocenters. The highest BCUT2D eigenvalue weighted by molar-refractivity contribution is 7.09. The molecule has 4 rings (SSSR count). The van der Waals surface area contributed by atoms with Gasteiger partial charge in [-0.2, -0.15) is 0 Å². The Morgan fingerprint density at radius 1 is 1.27 bits per heavy atom. The fourth-order valence-corrected chi connectivity index (χ4v) is 3.91. The lowest BCUT2D eigenvalue weighted by molar-refractivity contribution is -0.123. The molecule has 1 aliphatic heterocycles. The molecule has 30 heavy (non-hydrogen) atoms. The van der Waals surface area contributed by atoms with Gasteiger partial charge in [-0.1, -0.05) is 6.07 Å². The Labute approximate surface area is 178 Å². The number of methoxy groups -OCH3 is 1. The van der Waals surface area contributed by atoms with E-state index in [0.29, 0.717) is 22.9 Å². The van der Waals surface area contributed by atoms with E-state index in [4.69, 9.17) is 9.47 Å². The molecule has 8 heteroatoms. The van der Waals surface area contributed by atoms with Crippen molar-refractivity contribution >= 4 is 34.5 Å². The van der Waals surface area contributed by atoms with Crippen molar-refractivity contribution in [3.63, 3.8) is 0 Å². The van der Waals surface area contributed by atoms with Gasteiger partial charge in [-0.3, -0.25) is 14.5 Å². The average Bonchev–Trinajstić information content (AvgIpc) is 3.16. The molecule has 0 radical (unpaired) electrons. The number of carbonyl (C=O) groups excluding carboxylic acids is 2. The van der Waals surface area contributed by atoms with E-state index in [0.717, 1.165) is 21.8 Å². The van der Waals surface area contributed by atoms with Gasteiger partial charge in [0.15, 0.2) is 6.61 Å². The topological polar surface area (TPSA) is 80.8 Å². The number of nitrogens with one attached hydrogen (secondary N) is 1. The van der Waals surface area contributed by atoms with Gasteiger partial charge in [0.05, 0.1) is 29.2 Å². The number of ether oxygens (including phenoxy) is 2. The third kappa shape index (κ3) is 3.99.